The fraction of sp³-hybridized carbons (Fsp3) is 0. The standard InChI is InChI=1S/C30H20Si/c1-5-13-27(14-6-1)21-24-31(30-19-11-4-12-20-30,25-22-28-15-7-2-8-16-28)26-23-29-17-9-3-10-18-29/h1-20H. The van der Waals surface area contributed by atoms with Gasteiger partial charge in [-0.2, -0.15) is 0 Å². The van der Waals surface area contributed by atoms with E-state index in [9.17, 15) is 0 Å². The molecule has 0 aliphatic rings. The molecule has 0 radical (unpaired) electrons. The molecule has 0 aliphatic heterocycles. The Morgan fingerprint density at radius 1 is 0.355 bits per heavy atom. The molecule has 4 aromatic carbocycles. The topological polar surface area (TPSA) is 0 Å². The number of hydrogen-bond donors (Lipinski definition) is 0. The Morgan fingerprint density at radius 3 is 0.968 bits per heavy atom. The van der Waals surface area contributed by atoms with Gasteiger partial charge in [-0.15, -0.1) is 0 Å². The Labute approximate surface area is 185 Å². The molecule has 0 saturated heterocycles. The lowest BCUT2D eigenvalue weighted by Crippen LogP contribution is -2.45. The van der Waals surface area contributed by atoms with Crippen molar-refractivity contribution in [3.8, 4) is 34.4 Å². The molecule has 0 aromatic heterocycles. The number of hydrogen-bond acceptors (Lipinski definition) is 0. The van der Waals surface area contributed by atoms with Crippen LogP contribution in [0, 0.1) is 34.4 Å². The van der Waals surface area contributed by atoms with Crippen molar-refractivity contribution >= 4 is 13.3 Å². The molecule has 1 heteroatoms. The average Bonchev–Trinajstić information content (AvgIpc) is 2.86. The van der Waals surface area contributed by atoms with Crippen molar-refractivity contribution in [1.29, 1.82) is 0 Å². The summed E-state index contributed by atoms with van der Waals surface area (Å²) < 4.78 is 0. The van der Waals surface area contributed by atoms with Gasteiger partial charge in [-0.1, -0.05) is 119 Å². The van der Waals surface area contributed by atoms with E-state index in [0.29, 0.717) is 0 Å². The van der Waals surface area contributed by atoms with Crippen LogP contribution in [0.2, 0.25) is 0 Å². The minimum absolute atomic E-state index is 0.971. The van der Waals surface area contributed by atoms with Crippen LogP contribution in [0.15, 0.2) is 121 Å². The van der Waals surface area contributed by atoms with Crippen LogP contribution in [-0.2, 0) is 0 Å². The van der Waals surface area contributed by atoms with Crippen LogP contribution in [-0.4, -0.2) is 8.07 Å². The van der Waals surface area contributed by atoms with Crippen LogP contribution in [0.1, 0.15) is 16.7 Å². The zero-order valence-electron chi connectivity index (χ0n) is 17.0. The van der Waals surface area contributed by atoms with E-state index in [4.69, 9.17) is 0 Å². The van der Waals surface area contributed by atoms with E-state index < -0.39 is 8.07 Å². The third-order valence-electron chi connectivity index (χ3n) is 4.71. The molecule has 0 amide bonds. The highest BCUT2D eigenvalue weighted by molar-refractivity contribution is 7.10. The Balaban J connectivity index is 1.91. The smallest absolute Gasteiger partial charge is 0.0902 e. The van der Waals surface area contributed by atoms with Crippen molar-refractivity contribution in [1.82, 2.24) is 0 Å². The highest BCUT2D eigenvalue weighted by atomic mass is 28.3. The van der Waals surface area contributed by atoms with Gasteiger partial charge < -0.3 is 0 Å². The van der Waals surface area contributed by atoms with Crippen LogP contribution in [0.3, 0.4) is 0 Å². The van der Waals surface area contributed by atoms with Gasteiger partial charge in [0.25, 0.3) is 0 Å². The van der Waals surface area contributed by atoms with Crippen LogP contribution in [0.4, 0.5) is 0 Å². The molecule has 0 nitrogen and oxygen atoms in total. The zero-order valence-corrected chi connectivity index (χ0v) is 18.0. The maximum absolute atomic E-state index is 3.55. The summed E-state index contributed by atoms with van der Waals surface area (Å²) in [6.07, 6.45) is 0. The molecule has 0 heterocycles. The summed E-state index contributed by atoms with van der Waals surface area (Å²) in [4.78, 5) is 0. The van der Waals surface area contributed by atoms with Gasteiger partial charge in [-0.3, -0.25) is 0 Å². The lowest BCUT2D eigenvalue weighted by Gasteiger charge is -2.13. The van der Waals surface area contributed by atoms with Gasteiger partial charge in [0.1, 0.15) is 0 Å². The summed E-state index contributed by atoms with van der Waals surface area (Å²) in [5.41, 5.74) is 13.6. The maximum Gasteiger partial charge on any atom is 0.322 e. The minimum Gasteiger partial charge on any atom is -0.0902 e. The monoisotopic (exact) mass is 408 g/mol. The van der Waals surface area contributed by atoms with Crippen LogP contribution in [0.25, 0.3) is 0 Å². The minimum atomic E-state index is -2.80. The molecule has 0 fully saturated rings. The summed E-state index contributed by atoms with van der Waals surface area (Å²) in [6.45, 7) is 0. The van der Waals surface area contributed by atoms with Gasteiger partial charge in [0.15, 0.2) is 0 Å². The van der Waals surface area contributed by atoms with Gasteiger partial charge in [-0.25, -0.2) is 0 Å². The third kappa shape index (κ3) is 5.44. The molecule has 0 aliphatic carbocycles. The molecule has 0 unspecified atom stereocenters. The first kappa shape index (κ1) is 20.1. The SMILES string of the molecule is C(#C[Si](C#Cc1ccccc1)(C#Cc1ccccc1)c1ccccc1)c1ccccc1. The van der Waals surface area contributed by atoms with E-state index >= 15 is 0 Å². The zero-order chi connectivity index (χ0) is 21.2. The quantitative estimate of drug-likeness (QED) is 0.303. The van der Waals surface area contributed by atoms with Gasteiger partial charge in [0, 0.05) is 16.7 Å². The Morgan fingerprint density at radius 2 is 0.645 bits per heavy atom. The van der Waals surface area contributed by atoms with Gasteiger partial charge in [0.2, 0.25) is 0 Å². The highest BCUT2D eigenvalue weighted by Gasteiger charge is 2.30. The van der Waals surface area contributed by atoms with Gasteiger partial charge in [0.05, 0.1) is 0 Å². The predicted octanol–water partition coefficient (Wildman–Crippen LogP) is 5.12. The van der Waals surface area contributed by atoms with Crippen LogP contribution in [0.5, 0.6) is 0 Å². The molecule has 0 atom stereocenters. The summed E-state index contributed by atoms with van der Waals surface area (Å²) in [5, 5.41) is 1.10. The molecule has 0 bridgehead atoms. The predicted molar refractivity (Wildman–Crippen MR) is 132 cm³/mol. The summed E-state index contributed by atoms with van der Waals surface area (Å²) in [7, 11) is -2.80. The van der Waals surface area contributed by atoms with E-state index in [1.807, 2.05) is 109 Å². The summed E-state index contributed by atoms with van der Waals surface area (Å²) in [6, 6.07) is 40.4. The second-order valence-corrected chi connectivity index (χ2v) is 9.79. The molecule has 144 valence electrons. The molecule has 0 N–H and O–H groups in total. The van der Waals surface area contributed by atoms with Crippen molar-refractivity contribution in [2.45, 2.75) is 0 Å². The summed E-state index contributed by atoms with van der Waals surface area (Å²) >= 11 is 0. The molecular weight excluding hydrogens is 388 g/mol. The Kier molecular flexibility index (Phi) is 6.47. The second kappa shape index (κ2) is 10.0. The molecule has 4 aromatic rings. The lowest BCUT2D eigenvalue weighted by atomic mass is 10.2. The first-order chi connectivity index (χ1) is 15.3. The number of benzene rings is 4. The summed E-state index contributed by atoms with van der Waals surface area (Å²) in [5.74, 6) is 10.1. The average molecular weight is 409 g/mol. The van der Waals surface area contributed by atoms with E-state index in [1.54, 1.807) is 0 Å². The van der Waals surface area contributed by atoms with Crippen molar-refractivity contribution in [2.75, 3.05) is 0 Å². The normalized spacial score (nSPS) is 9.81. The van der Waals surface area contributed by atoms with Crippen molar-refractivity contribution in [3.05, 3.63) is 138 Å². The largest absolute Gasteiger partial charge is 0.322 e. The second-order valence-electron chi connectivity index (χ2n) is 6.96. The molecule has 31 heavy (non-hydrogen) atoms. The first-order valence-corrected chi connectivity index (χ1v) is 12.1. The highest BCUT2D eigenvalue weighted by Crippen LogP contribution is 2.06. The molecule has 4 rings (SSSR count). The van der Waals surface area contributed by atoms with Crippen molar-refractivity contribution < 1.29 is 0 Å². The van der Waals surface area contributed by atoms with Crippen LogP contribution >= 0.6 is 0 Å². The number of rotatable bonds is 1. The third-order valence-corrected chi connectivity index (χ3v) is 7.41. The lowest BCUT2D eigenvalue weighted by molar-refractivity contribution is 1.65. The van der Waals surface area contributed by atoms with Gasteiger partial charge >= 0.3 is 8.07 Å². The van der Waals surface area contributed by atoms with Crippen molar-refractivity contribution in [3.63, 3.8) is 0 Å². The Bertz CT molecular complexity index is 1170. The Hall–Kier alpha value is -4.22. The van der Waals surface area contributed by atoms with Gasteiger partial charge in [-0.05, 0) is 41.6 Å². The van der Waals surface area contributed by atoms with E-state index in [0.717, 1.165) is 21.9 Å². The molecule has 0 spiro atoms. The fourth-order valence-corrected chi connectivity index (χ4v) is 5.37. The first-order valence-electron chi connectivity index (χ1n) is 10.1. The fourth-order valence-electron chi connectivity index (χ4n) is 3.06. The van der Waals surface area contributed by atoms with Crippen molar-refractivity contribution in [2.24, 2.45) is 0 Å². The molecular formula is C30H20Si. The van der Waals surface area contributed by atoms with Crippen LogP contribution < -0.4 is 5.19 Å². The van der Waals surface area contributed by atoms with E-state index in [2.05, 4.69) is 46.5 Å². The molecule has 0 saturated carbocycles. The van der Waals surface area contributed by atoms with E-state index in [1.165, 1.54) is 0 Å². The maximum atomic E-state index is 3.55. The van der Waals surface area contributed by atoms with E-state index in [-0.39, 0.29) is 0 Å².